The average molecular weight is 354 g/mol. The van der Waals surface area contributed by atoms with E-state index in [2.05, 4.69) is 15.5 Å². The van der Waals surface area contributed by atoms with Crippen molar-refractivity contribution >= 4 is 40.3 Å². The molecular weight excluding hydrogens is 336 g/mol. The van der Waals surface area contributed by atoms with Crippen molar-refractivity contribution in [1.82, 2.24) is 10.2 Å². The highest BCUT2D eigenvalue weighted by atomic mass is 16.1. The number of nitrogens with two attached hydrogens (primary N) is 1. The molecule has 0 aliphatic rings. The van der Waals surface area contributed by atoms with Crippen molar-refractivity contribution in [2.24, 2.45) is 0 Å². The maximum Gasteiger partial charge on any atom is 0.255 e. The molecule has 0 aliphatic carbocycles. The second-order valence-corrected chi connectivity index (χ2v) is 6.15. The molecule has 0 fully saturated rings. The molecule has 27 heavy (non-hydrogen) atoms. The number of carbonyl (C=O) groups excluding carboxylic acids is 1. The number of anilines is 2. The van der Waals surface area contributed by atoms with Crippen LogP contribution in [0.15, 0.2) is 72.8 Å². The fourth-order valence-electron chi connectivity index (χ4n) is 2.87. The molecule has 0 unspecified atom stereocenters. The lowest BCUT2D eigenvalue weighted by Crippen LogP contribution is -2.12. The molecule has 0 aliphatic heterocycles. The summed E-state index contributed by atoms with van der Waals surface area (Å²) in [5, 5.41) is 11.4. The Labute approximate surface area is 156 Å². The molecule has 0 saturated carbocycles. The van der Waals surface area contributed by atoms with Gasteiger partial charge in [-0.2, -0.15) is 5.10 Å². The summed E-state index contributed by atoms with van der Waals surface area (Å²) in [6.07, 6.45) is 3.88. The van der Waals surface area contributed by atoms with E-state index in [-0.39, 0.29) is 5.91 Å². The van der Waals surface area contributed by atoms with E-state index in [0.29, 0.717) is 11.3 Å². The molecule has 5 nitrogen and oxygen atoms in total. The van der Waals surface area contributed by atoms with E-state index < -0.39 is 0 Å². The number of nitrogen functional groups attached to an aromatic ring is 1. The zero-order chi connectivity index (χ0) is 18.6. The minimum absolute atomic E-state index is 0.180. The van der Waals surface area contributed by atoms with Gasteiger partial charge in [0, 0.05) is 22.3 Å². The molecule has 0 bridgehead atoms. The number of nitrogens with one attached hydrogen (secondary N) is 2. The van der Waals surface area contributed by atoms with Crippen molar-refractivity contribution in [1.29, 1.82) is 0 Å². The van der Waals surface area contributed by atoms with Gasteiger partial charge in [-0.1, -0.05) is 42.5 Å². The summed E-state index contributed by atoms with van der Waals surface area (Å²) in [7, 11) is 0. The number of para-hydroxylation sites is 2. The Kier molecular flexibility index (Phi) is 4.41. The van der Waals surface area contributed by atoms with Crippen LogP contribution in [-0.4, -0.2) is 16.1 Å². The Morgan fingerprint density at radius 3 is 2.52 bits per heavy atom. The Bertz CT molecular complexity index is 1130. The number of rotatable bonds is 4. The lowest BCUT2D eigenvalue weighted by atomic mass is 10.1. The smallest absolute Gasteiger partial charge is 0.255 e. The van der Waals surface area contributed by atoms with Crippen LogP contribution in [0.3, 0.4) is 0 Å². The average Bonchev–Trinajstić information content (AvgIpc) is 3.11. The van der Waals surface area contributed by atoms with E-state index >= 15 is 0 Å². The molecule has 3 aromatic carbocycles. The Hall–Kier alpha value is -3.86. The van der Waals surface area contributed by atoms with E-state index in [1.54, 1.807) is 24.3 Å². The molecule has 0 radical (unpaired) electrons. The molecule has 1 aromatic heterocycles. The molecule has 1 amide bonds. The maximum absolute atomic E-state index is 12.5. The van der Waals surface area contributed by atoms with Gasteiger partial charge in [-0.3, -0.25) is 9.89 Å². The number of hydrogen-bond donors (Lipinski definition) is 3. The fraction of sp³-hybridized carbons (Fsp3) is 0. The second kappa shape index (κ2) is 7.17. The molecule has 0 spiro atoms. The normalized spacial score (nSPS) is 11.1. The zero-order valence-electron chi connectivity index (χ0n) is 14.5. The molecule has 132 valence electrons. The fourth-order valence-corrected chi connectivity index (χ4v) is 2.87. The lowest BCUT2D eigenvalue weighted by molar-refractivity contribution is 0.102. The van der Waals surface area contributed by atoms with Crippen LogP contribution >= 0.6 is 0 Å². The van der Waals surface area contributed by atoms with Crippen molar-refractivity contribution in [2.45, 2.75) is 0 Å². The number of nitrogens with zero attached hydrogens (tertiary/aromatic N) is 1. The minimum atomic E-state index is -0.180. The van der Waals surface area contributed by atoms with Gasteiger partial charge in [-0.25, -0.2) is 0 Å². The van der Waals surface area contributed by atoms with E-state index in [0.717, 1.165) is 27.8 Å². The van der Waals surface area contributed by atoms with E-state index in [1.807, 2.05) is 60.7 Å². The summed E-state index contributed by atoms with van der Waals surface area (Å²) in [5.41, 5.74) is 10.3. The zero-order valence-corrected chi connectivity index (χ0v) is 14.5. The largest absolute Gasteiger partial charge is 0.399 e. The van der Waals surface area contributed by atoms with Crippen LogP contribution in [0.1, 0.15) is 21.6 Å². The minimum Gasteiger partial charge on any atom is -0.399 e. The van der Waals surface area contributed by atoms with Gasteiger partial charge < -0.3 is 11.1 Å². The first kappa shape index (κ1) is 16.6. The van der Waals surface area contributed by atoms with Crippen molar-refractivity contribution in [3.8, 4) is 0 Å². The van der Waals surface area contributed by atoms with Gasteiger partial charge in [0.05, 0.1) is 11.2 Å². The third kappa shape index (κ3) is 3.57. The Morgan fingerprint density at radius 2 is 1.67 bits per heavy atom. The van der Waals surface area contributed by atoms with Crippen LogP contribution in [0.5, 0.6) is 0 Å². The number of hydrogen-bond acceptors (Lipinski definition) is 3. The number of benzene rings is 3. The molecule has 4 N–H and O–H groups in total. The van der Waals surface area contributed by atoms with Gasteiger partial charge >= 0.3 is 0 Å². The first-order valence-electron chi connectivity index (χ1n) is 8.58. The van der Waals surface area contributed by atoms with Gasteiger partial charge in [0.25, 0.3) is 5.91 Å². The Morgan fingerprint density at radius 1 is 0.926 bits per heavy atom. The lowest BCUT2D eigenvalue weighted by Gasteiger charge is -2.08. The number of amides is 1. The third-order valence-electron chi connectivity index (χ3n) is 4.30. The predicted octanol–water partition coefficient (Wildman–Crippen LogP) is 4.57. The molecule has 0 atom stereocenters. The third-order valence-corrected chi connectivity index (χ3v) is 4.30. The van der Waals surface area contributed by atoms with Gasteiger partial charge in [-0.05, 0) is 48.0 Å². The van der Waals surface area contributed by atoms with Crippen LogP contribution < -0.4 is 11.1 Å². The summed E-state index contributed by atoms with van der Waals surface area (Å²) in [6, 6.07) is 22.4. The molecule has 1 heterocycles. The van der Waals surface area contributed by atoms with Crippen LogP contribution in [0.25, 0.3) is 23.1 Å². The number of H-pyrrole nitrogens is 1. The SMILES string of the molecule is Nc1ccc(C(=O)Nc2ccccc2/C=C/c2n[nH]c3ccccc23)cc1. The van der Waals surface area contributed by atoms with Crippen molar-refractivity contribution in [3.05, 3.63) is 89.6 Å². The second-order valence-electron chi connectivity index (χ2n) is 6.15. The summed E-state index contributed by atoms with van der Waals surface area (Å²) in [4.78, 5) is 12.5. The van der Waals surface area contributed by atoms with E-state index in [1.165, 1.54) is 0 Å². The van der Waals surface area contributed by atoms with E-state index in [4.69, 9.17) is 5.73 Å². The topological polar surface area (TPSA) is 83.8 Å². The standard InChI is InChI=1S/C22H18N4O/c23-17-12-9-16(10-13-17)22(27)24-19-7-3-1-5-15(19)11-14-21-18-6-2-4-8-20(18)25-26-21/h1-14H,23H2,(H,24,27)(H,25,26)/b14-11+. The first-order chi connectivity index (χ1) is 13.2. The summed E-state index contributed by atoms with van der Waals surface area (Å²) in [5.74, 6) is -0.180. The molecule has 4 aromatic rings. The number of fused-ring (bicyclic) bond motifs is 1. The van der Waals surface area contributed by atoms with Crippen LogP contribution in [0.4, 0.5) is 11.4 Å². The molecule has 4 rings (SSSR count). The number of carbonyl (C=O) groups is 1. The molecule has 0 saturated heterocycles. The summed E-state index contributed by atoms with van der Waals surface area (Å²) < 4.78 is 0. The van der Waals surface area contributed by atoms with Gasteiger partial charge in [0.15, 0.2) is 0 Å². The van der Waals surface area contributed by atoms with Crippen LogP contribution in [-0.2, 0) is 0 Å². The Balaban J connectivity index is 1.59. The number of aromatic nitrogens is 2. The first-order valence-corrected chi connectivity index (χ1v) is 8.58. The van der Waals surface area contributed by atoms with Crippen molar-refractivity contribution in [2.75, 3.05) is 11.1 Å². The summed E-state index contributed by atoms with van der Waals surface area (Å²) >= 11 is 0. The van der Waals surface area contributed by atoms with Crippen molar-refractivity contribution in [3.63, 3.8) is 0 Å². The highest BCUT2D eigenvalue weighted by Gasteiger charge is 2.08. The highest BCUT2D eigenvalue weighted by Crippen LogP contribution is 2.21. The number of aromatic amines is 1. The van der Waals surface area contributed by atoms with Crippen LogP contribution in [0, 0.1) is 0 Å². The predicted molar refractivity (Wildman–Crippen MR) is 110 cm³/mol. The van der Waals surface area contributed by atoms with Crippen LogP contribution in [0.2, 0.25) is 0 Å². The molecular formula is C22H18N4O. The van der Waals surface area contributed by atoms with Crippen molar-refractivity contribution < 1.29 is 4.79 Å². The molecule has 5 heteroatoms. The summed E-state index contributed by atoms with van der Waals surface area (Å²) in [6.45, 7) is 0. The quantitative estimate of drug-likeness (QED) is 0.470. The monoisotopic (exact) mass is 354 g/mol. The highest BCUT2D eigenvalue weighted by molar-refractivity contribution is 6.05. The van der Waals surface area contributed by atoms with E-state index in [9.17, 15) is 4.79 Å². The maximum atomic E-state index is 12.5. The van der Waals surface area contributed by atoms with Gasteiger partial charge in [-0.15, -0.1) is 0 Å². The van der Waals surface area contributed by atoms with Gasteiger partial charge in [0.2, 0.25) is 0 Å². The van der Waals surface area contributed by atoms with Gasteiger partial charge in [0.1, 0.15) is 0 Å².